The maximum absolute atomic E-state index is 11.7. The molecule has 0 aromatic carbocycles. The zero-order valence-electron chi connectivity index (χ0n) is 8.38. The van der Waals surface area contributed by atoms with Gasteiger partial charge in [0.25, 0.3) is 5.91 Å². The Bertz CT molecular complexity index is 507. The highest BCUT2D eigenvalue weighted by molar-refractivity contribution is 6.30. The van der Waals surface area contributed by atoms with E-state index < -0.39 is 0 Å². The van der Waals surface area contributed by atoms with Crippen LogP contribution >= 0.6 is 11.6 Å². The van der Waals surface area contributed by atoms with Crippen molar-refractivity contribution in [2.75, 3.05) is 5.32 Å². The van der Waals surface area contributed by atoms with Crippen LogP contribution in [0.15, 0.2) is 24.7 Å². The summed E-state index contributed by atoms with van der Waals surface area (Å²) in [7, 11) is 1.73. The summed E-state index contributed by atoms with van der Waals surface area (Å²) in [5.41, 5.74) is 0.271. The van der Waals surface area contributed by atoms with Crippen LogP contribution in [0, 0.1) is 0 Å². The predicted molar refractivity (Wildman–Crippen MR) is 58.2 cm³/mol. The molecule has 2 aromatic rings. The largest absolute Gasteiger partial charge is 0.303 e. The lowest BCUT2D eigenvalue weighted by Gasteiger charge is -2.02. The van der Waals surface area contributed by atoms with Gasteiger partial charge in [0, 0.05) is 13.2 Å². The molecular formula is C9H8ClN5O. The van der Waals surface area contributed by atoms with Crippen molar-refractivity contribution in [3.05, 3.63) is 35.4 Å². The van der Waals surface area contributed by atoms with Crippen molar-refractivity contribution in [3.63, 3.8) is 0 Å². The van der Waals surface area contributed by atoms with Gasteiger partial charge in [-0.05, 0) is 12.1 Å². The second-order valence-corrected chi connectivity index (χ2v) is 3.52. The van der Waals surface area contributed by atoms with Gasteiger partial charge in [0.2, 0.25) is 5.95 Å². The second-order valence-electron chi connectivity index (χ2n) is 3.08. The Morgan fingerprint density at radius 1 is 1.50 bits per heavy atom. The number of hydrogen-bond donors (Lipinski definition) is 1. The van der Waals surface area contributed by atoms with Crippen molar-refractivity contribution in [2.24, 2.45) is 7.05 Å². The lowest BCUT2D eigenvalue weighted by molar-refractivity contribution is 0.102. The Morgan fingerprint density at radius 3 is 2.88 bits per heavy atom. The van der Waals surface area contributed by atoms with E-state index in [0.717, 1.165) is 0 Å². The molecule has 0 saturated carbocycles. The van der Waals surface area contributed by atoms with Crippen LogP contribution in [-0.4, -0.2) is 25.7 Å². The maximum Gasteiger partial charge on any atom is 0.276 e. The fourth-order valence-electron chi connectivity index (χ4n) is 1.07. The Balaban J connectivity index is 2.15. The molecule has 0 fully saturated rings. The first-order chi connectivity index (χ1) is 7.66. The van der Waals surface area contributed by atoms with Crippen LogP contribution in [0.4, 0.5) is 5.95 Å². The van der Waals surface area contributed by atoms with Crippen molar-refractivity contribution in [1.82, 2.24) is 19.7 Å². The molecule has 1 N–H and O–H groups in total. The van der Waals surface area contributed by atoms with Crippen LogP contribution in [-0.2, 0) is 7.05 Å². The molecular weight excluding hydrogens is 230 g/mol. The van der Waals surface area contributed by atoms with Crippen LogP contribution in [0.2, 0.25) is 5.02 Å². The van der Waals surface area contributed by atoms with E-state index in [1.807, 2.05) is 0 Å². The van der Waals surface area contributed by atoms with E-state index in [9.17, 15) is 4.79 Å². The van der Waals surface area contributed by atoms with Crippen LogP contribution in [0.25, 0.3) is 0 Å². The molecule has 82 valence electrons. The Labute approximate surface area is 96.3 Å². The average Bonchev–Trinajstić information content (AvgIpc) is 2.65. The molecule has 0 atom stereocenters. The Kier molecular flexibility index (Phi) is 2.82. The van der Waals surface area contributed by atoms with Gasteiger partial charge in [-0.1, -0.05) is 11.6 Å². The minimum absolute atomic E-state index is 0.271. The van der Waals surface area contributed by atoms with Crippen molar-refractivity contribution in [3.8, 4) is 0 Å². The van der Waals surface area contributed by atoms with Crippen LogP contribution in [0.5, 0.6) is 0 Å². The van der Waals surface area contributed by atoms with Gasteiger partial charge < -0.3 is 4.57 Å². The first kappa shape index (κ1) is 10.6. The molecule has 0 unspecified atom stereocenters. The summed E-state index contributed by atoms with van der Waals surface area (Å²) in [4.78, 5) is 15.6. The molecule has 0 aliphatic carbocycles. The maximum atomic E-state index is 11.7. The molecule has 2 heterocycles. The molecule has 7 heteroatoms. The SMILES string of the molecule is Cn1cnnc1NC(=O)c1ccc(Cl)cn1. The number of rotatable bonds is 2. The van der Waals surface area contributed by atoms with Crippen molar-refractivity contribution < 1.29 is 4.79 Å². The number of hydrogen-bond acceptors (Lipinski definition) is 4. The van der Waals surface area contributed by atoms with Crippen molar-refractivity contribution in [2.45, 2.75) is 0 Å². The predicted octanol–water partition coefficient (Wildman–Crippen LogP) is 1.12. The molecule has 0 radical (unpaired) electrons. The third-order valence-corrected chi connectivity index (χ3v) is 2.12. The van der Waals surface area contributed by atoms with E-state index in [0.29, 0.717) is 11.0 Å². The number of amides is 1. The van der Waals surface area contributed by atoms with E-state index in [1.165, 1.54) is 18.6 Å². The number of carbonyl (C=O) groups is 1. The van der Waals surface area contributed by atoms with Crippen molar-refractivity contribution in [1.29, 1.82) is 0 Å². The monoisotopic (exact) mass is 237 g/mol. The number of aryl methyl sites for hydroxylation is 1. The normalized spacial score (nSPS) is 10.1. The molecule has 0 aliphatic rings. The van der Waals surface area contributed by atoms with Crippen LogP contribution < -0.4 is 5.32 Å². The minimum Gasteiger partial charge on any atom is -0.303 e. The standard InChI is InChI=1S/C9H8ClN5O/c1-15-5-12-14-9(15)13-8(16)7-3-2-6(10)4-11-7/h2-5H,1H3,(H,13,14,16). The number of pyridine rings is 1. The number of halogens is 1. The van der Waals surface area contributed by atoms with Gasteiger partial charge in [-0.3, -0.25) is 10.1 Å². The minimum atomic E-state index is -0.354. The molecule has 1 amide bonds. The first-order valence-electron chi connectivity index (χ1n) is 4.44. The molecule has 0 saturated heterocycles. The van der Waals surface area contributed by atoms with Gasteiger partial charge in [0.15, 0.2) is 0 Å². The highest BCUT2D eigenvalue weighted by Crippen LogP contribution is 2.07. The fourth-order valence-corrected chi connectivity index (χ4v) is 1.18. The van der Waals surface area contributed by atoms with Gasteiger partial charge in [0.05, 0.1) is 5.02 Å². The third kappa shape index (κ3) is 2.17. The van der Waals surface area contributed by atoms with Crippen LogP contribution in [0.1, 0.15) is 10.5 Å². The highest BCUT2D eigenvalue weighted by atomic mass is 35.5. The van der Waals surface area contributed by atoms with Crippen LogP contribution in [0.3, 0.4) is 0 Å². The third-order valence-electron chi connectivity index (χ3n) is 1.90. The number of nitrogens with one attached hydrogen (secondary N) is 1. The number of nitrogens with zero attached hydrogens (tertiary/aromatic N) is 4. The molecule has 2 rings (SSSR count). The molecule has 6 nitrogen and oxygen atoms in total. The fraction of sp³-hybridized carbons (Fsp3) is 0.111. The number of anilines is 1. The Morgan fingerprint density at radius 2 is 2.31 bits per heavy atom. The summed E-state index contributed by atoms with van der Waals surface area (Å²) >= 11 is 5.66. The second kappa shape index (κ2) is 4.28. The van der Waals surface area contributed by atoms with E-state index in [-0.39, 0.29) is 11.6 Å². The van der Waals surface area contributed by atoms with Gasteiger partial charge in [-0.25, -0.2) is 4.98 Å². The zero-order chi connectivity index (χ0) is 11.5. The van der Waals surface area contributed by atoms with Gasteiger partial charge in [0.1, 0.15) is 12.0 Å². The summed E-state index contributed by atoms with van der Waals surface area (Å²) in [6, 6.07) is 3.13. The Hall–Kier alpha value is -1.95. The number of aromatic nitrogens is 4. The summed E-state index contributed by atoms with van der Waals surface area (Å²) in [5.74, 6) is 0.00881. The molecule has 0 aliphatic heterocycles. The highest BCUT2D eigenvalue weighted by Gasteiger charge is 2.10. The van der Waals surface area contributed by atoms with E-state index in [4.69, 9.17) is 11.6 Å². The topological polar surface area (TPSA) is 72.7 Å². The molecule has 0 bridgehead atoms. The van der Waals surface area contributed by atoms with E-state index in [2.05, 4.69) is 20.5 Å². The first-order valence-corrected chi connectivity index (χ1v) is 4.81. The zero-order valence-corrected chi connectivity index (χ0v) is 9.14. The lowest BCUT2D eigenvalue weighted by atomic mass is 10.3. The van der Waals surface area contributed by atoms with Crippen molar-refractivity contribution >= 4 is 23.5 Å². The molecule has 2 aromatic heterocycles. The summed E-state index contributed by atoms with van der Waals surface area (Å²) in [5, 5.41) is 10.4. The van der Waals surface area contributed by atoms with Gasteiger partial charge in [-0.15, -0.1) is 10.2 Å². The smallest absolute Gasteiger partial charge is 0.276 e. The average molecular weight is 238 g/mol. The molecule has 16 heavy (non-hydrogen) atoms. The van der Waals surface area contributed by atoms with Gasteiger partial charge >= 0.3 is 0 Å². The summed E-state index contributed by atoms with van der Waals surface area (Å²) < 4.78 is 1.59. The molecule has 0 spiro atoms. The van der Waals surface area contributed by atoms with Gasteiger partial charge in [-0.2, -0.15) is 0 Å². The van der Waals surface area contributed by atoms with E-state index in [1.54, 1.807) is 17.7 Å². The summed E-state index contributed by atoms with van der Waals surface area (Å²) in [6.07, 6.45) is 2.90. The number of carbonyl (C=O) groups excluding carboxylic acids is 1. The van der Waals surface area contributed by atoms with E-state index >= 15 is 0 Å². The summed E-state index contributed by atoms with van der Waals surface area (Å²) in [6.45, 7) is 0. The lowest BCUT2D eigenvalue weighted by Crippen LogP contribution is -2.16. The quantitative estimate of drug-likeness (QED) is 0.849.